The molecule has 0 amide bonds. The lowest BCUT2D eigenvalue weighted by molar-refractivity contribution is 0.254. The Hall–Kier alpha value is -1.48. The van der Waals surface area contributed by atoms with Crippen LogP contribution in [0.25, 0.3) is 0 Å². The van der Waals surface area contributed by atoms with E-state index in [1.54, 1.807) is 14.2 Å². The Kier molecular flexibility index (Phi) is 7.79. The van der Waals surface area contributed by atoms with E-state index >= 15 is 0 Å². The number of rotatable bonds is 6. The number of halogens is 2. The first-order valence-corrected chi connectivity index (χ1v) is 9.41. The molecule has 0 aromatic heterocycles. The number of guanidine groups is 1. The molecule has 0 atom stereocenters. The zero-order valence-corrected chi connectivity index (χ0v) is 19.4. The number of hydrogen-bond donors (Lipinski definition) is 2. The Morgan fingerprint density at radius 2 is 1.78 bits per heavy atom. The second-order valence-electron chi connectivity index (χ2n) is 6.54. The van der Waals surface area contributed by atoms with Gasteiger partial charge in [0.1, 0.15) is 0 Å². The van der Waals surface area contributed by atoms with Gasteiger partial charge in [0.05, 0.1) is 20.8 Å². The average Bonchev–Trinajstić information content (AvgIpc) is 2.62. The molecule has 2 aromatic rings. The standard InChI is InChI=1S/C20H24BrN3O2.HI/c1-25-17-9-8-16(12-18(17)26-2)24-19(22)23-13-20(10-3-11-20)14-4-6-15(21)7-5-14;/h4-9,12H,3,10-11,13H2,1-2H3,(H3,22,23,24);1H. The van der Waals surface area contributed by atoms with Crippen LogP contribution in [0.2, 0.25) is 0 Å². The van der Waals surface area contributed by atoms with E-state index in [0.29, 0.717) is 24.0 Å². The fourth-order valence-electron chi connectivity index (χ4n) is 3.28. The molecule has 3 rings (SSSR count). The monoisotopic (exact) mass is 545 g/mol. The van der Waals surface area contributed by atoms with Crippen LogP contribution in [-0.2, 0) is 5.41 Å². The van der Waals surface area contributed by atoms with Crippen LogP contribution >= 0.6 is 39.9 Å². The number of anilines is 1. The minimum Gasteiger partial charge on any atom is -0.493 e. The number of nitrogens with one attached hydrogen (secondary N) is 1. The topological polar surface area (TPSA) is 68.9 Å². The predicted molar refractivity (Wildman–Crippen MR) is 125 cm³/mol. The summed E-state index contributed by atoms with van der Waals surface area (Å²) < 4.78 is 11.7. The Bertz CT molecular complexity index is 792. The normalized spacial score (nSPS) is 15.3. The molecule has 27 heavy (non-hydrogen) atoms. The van der Waals surface area contributed by atoms with Crippen LogP contribution in [0.5, 0.6) is 11.5 Å². The van der Waals surface area contributed by atoms with Crippen LogP contribution < -0.4 is 20.5 Å². The number of ether oxygens (including phenoxy) is 2. The molecule has 0 spiro atoms. The summed E-state index contributed by atoms with van der Waals surface area (Å²) in [5.74, 6) is 1.73. The molecule has 7 heteroatoms. The molecule has 0 heterocycles. The number of hydrogen-bond acceptors (Lipinski definition) is 3. The molecule has 3 N–H and O–H groups in total. The van der Waals surface area contributed by atoms with Crippen molar-refractivity contribution in [3.63, 3.8) is 0 Å². The summed E-state index contributed by atoms with van der Waals surface area (Å²) in [6.07, 6.45) is 3.51. The minimum absolute atomic E-state index is 0. The van der Waals surface area contributed by atoms with Gasteiger partial charge in [-0.05, 0) is 42.7 Å². The molecule has 0 saturated heterocycles. The van der Waals surface area contributed by atoms with Gasteiger partial charge in [0.2, 0.25) is 0 Å². The molecule has 0 bridgehead atoms. The number of aliphatic imine (C=N–C) groups is 1. The molecule has 5 nitrogen and oxygen atoms in total. The molecule has 1 saturated carbocycles. The molecule has 0 radical (unpaired) electrons. The average molecular weight is 546 g/mol. The Morgan fingerprint density at radius 1 is 1.11 bits per heavy atom. The highest BCUT2D eigenvalue weighted by Gasteiger charge is 2.38. The Balaban J connectivity index is 0.00000261. The lowest BCUT2D eigenvalue weighted by Gasteiger charge is -2.41. The van der Waals surface area contributed by atoms with Crippen molar-refractivity contribution >= 4 is 51.6 Å². The summed E-state index contributed by atoms with van der Waals surface area (Å²) in [4.78, 5) is 4.61. The van der Waals surface area contributed by atoms with E-state index in [9.17, 15) is 0 Å². The first-order valence-electron chi connectivity index (χ1n) is 8.61. The highest BCUT2D eigenvalue weighted by molar-refractivity contribution is 14.0. The molecule has 0 aliphatic heterocycles. The number of nitrogens with two attached hydrogens (primary N) is 1. The third-order valence-corrected chi connectivity index (χ3v) is 5.50. The zero-order chi connectivity index (χ0) is 18.6. The van der Waals surface area contributed by atoms with Gasteiger partial charge in [-0.15, -0.1) is 24.0 Å². The summed E-state index contributed by atoms with van der Waals surface area (Å²) in [5.41, 5.74) is 8.36. The lowest BCUT2D eigenvalue weighted by Crippen LogP contribution is -2.38. The molecule has 1 aliphatic rings. The smallest absolute Gasteiger partial charge is 0.193 e. The van der Waals surface area contributed by atoms with Crippen molar-refractivity contribution in [1.82, 2.24) is 0 Å². The van der Waals surface area contributed by atoms with Crippen molar-refractivity contribution in [2.24, 2.45) is 10.7 Å². The summed E-state index contributed by atoms with van der Waals surface area (Å²) in [6, 6.07) is 14.1. The van der Waals surface area contributed by atoms with Gasteiger partial charge in [-0.25, -0.2) is 0 Å². The van der Waals surface area contributed by atoms with Gasteiger partial charge in [-0.3, -0.25) is 4.99 Å². The highest BCUT2D eigenvalue weighted by atomic mass is 127. The Labute approximate surface area is 185 Å². The maximum absolute atomic E-state index is 6.12. The van der Waals surface area contributed by atoms with Gasteiger partial charge < -0.3 is 20.5 Å². The van der Waals surface area contributed by atoms with Crippen molar-refractivity contribution in [2.75, 3.05) is 26.1 Å². The van der Waals surface area contributed by atoms with E-state index in [-0.39, 0.29) is 29.4 Å². The van der Waals surface area contributed by atoms with E-state index < -0.39 is 0 Å². The van der Waals surface area contributed by atoms with E-state index in [1.807, 2.05) is 18.2 Å². The first kappa shape index (κ1) is 21.8. The van der Waals surface area contributed by atoms with Crippen LogP contribution in [0.4, 0.5) is 5.69 Å². The van der Waals surface area contributed by atoms with Gasteiger partial charge >= 0.3 is 0 Å². The maximum Gasteiger partial charge on any atom is 0.193 e. The van der Waals surface area contributed by atoms with Gasteiger partial charge in [0, 0.05) is 21.6 Å². The lowest BCUT2D eigenvalue weighted by atomic mass is 9.64. The van der Waals surface area contributed by atoms with Crippen LogP contribution in [-0.4, -0.2) is 26.7 Å². The minimum atomic E-state index is 0. The van der Waals surface area contributed by atoms with Crippen LogP contribution in [0, 0.1) is 0 Å². The van der Waals surface area contributed by atoms with Crippen molar-refractivity contribution in [2.45, 2.75) is 24.7 Å². The summed E-state index contributed by atoms with van der Waals surface area (Å²) in [6.45, 7) is 0.681. The molecule has 1 fully saturated rings. The van der Waals surface area contributed by atoms with Crippen LogP contribution in [0.15, 0.2) is 51.9 Å². The molecular weight excluding hydrogens is 521 g/mol. The van der Waals surface area contributed by atoms with E-state index in [0.717, 1.165) is 23.0 Å². The molecular formula is C20H25BrIN3O2. The third kappa shape index (κ3) is 5.07. The quantitative estimate of drug-likeness (QED) is 0.307. The number of benzene rings is 2. The van der Waals surface area contributed by atoms with E-state index in [4.69, 9.17) is 15.2 Å². The fourth-order valence-corrected chi connectivity index (χ4v) is 3.55. The second-order valence-corrected chi connectivity index (χ2v) is 7.45. The largest absolute Gasteiger partial charge is 0.493 e. The number of nitrogens with zero attached hydrogens (tertiary/aromatic N) is 1. The van der Waals surface area contributed by atoms with Crippen LogP contribution in [0.1, 0.15) is 24.8 Å². The predicted octanol–water partition coefficient (Wildman–Crippen LogP) is 4.93. The van der Waals surface area contributed by atoms with Gasteiger partial charge in [-0.1, -0.05) is 34.5 Å². The first-order chi connectivity index (χ1) is 12.6. The third-order valence-electron chi connectivity index (χ3n) is 4.98. The van der Waals surface area contributed by atoms with Gasteiger partial charge in [0.25, 0.3) is 0 Å². The number of methoxy groups -OCH3 is 2. The van der Waals surface area contributed by atoms with Crippen molar-refractivity contribution in [3.8, 4) is 11.5 Å². The van der Waals surface area contributed by atoms with E-state index in [1.165, 1.54) is 12.0 Å². The second kappa shape index (κ2) is 9.64. The van der Waals surface area contributed by atoms with Crippen molar-refractivity contribution < 1.29 is 9.47 Å². The summed E-state index contributed by atoms with van der Waals surface area (Å²) >= 11 is 3.50. The van der Waals surface area contributed by atoms with Gasteiger partial charge in [-0.2, -0.15) is 0 Å². The molecule has 2 aromatic carbocycles. The summed E-state index contributed by atoms with van der Waals surface area (Å²) in [5, 5.41) is 3.13. The zero-order valence-electron chi connectivity index (χ0n) is 15.5. The van der Waals surface area contributed by atoms with E-state index in [2.05, 4.69) is 50.5 Å². The van der Waals surface area contributed by atoms with Crippen molar-refractivity contribution in [1.29, 1.82) is 0 Å². The summed E-state index contributed by atoms with van der Waals surface area (Å²) in [7, 11) is 3.22. The molecule has 0 unspecified atom stereocenters. The highest BCUT2D eigenvalue weighted by Crippen LogP contribution is 2.44. The Morgan fingerprint density at radius 3 is 2.33 bits per heavy atom. The fraction of sp³-hybridized carbons (Fsp3) is 0.350. The van der Waals surface area contributed by atoms with Crippen molar-refractivity contribution in [3.05, 3.63) is 52.5 Å². The SMILES string of the molecule is COc1ccc(NC(N)=NCC2(c3ccc(Br)cc3)CCC2)cc1OC.I. The maximum atomic E-state index is 6.12. The van der Waals surface area contributed by atoms with Gasteiger partial charge in [0.15, 0.2) is 17.5 Å². The molecule has 1 aliphatic carbocycles. The molecule has 146 valence electrons. The van der Waals surface area contributed by atoms with Crippen LogP contribution in [0.3, 0.4) is 0 Å².